The molecular weight excluding hydrogens is 360 g/mol. The number of hydrogen-bond acceptors (Lipinski definition) is 5. The van der Waals surface area contributed by atoms with Crippen molar-refractivity contribution in [1.82, 2.24) is 19.2 Å². The van der Waals surface area contributed by atoms with E-state index in [1.165, 1.54) is 11.3 Å². The van der Waals surface area contributed by atoms with Crippen LogP contribution < -0.4 is 4.74 Å². The summed E-state index contributed by atoms with van der Waals surface area (Å²) in [5.74, 6) is 0.854. The fourth-order valence-corrected chi connectivity index (χ4v) is 4.44. The van der Waals surface area contributed by atoms with Crippen molar-refractivity contribution in [1.29, 1.82) is 0 Å². The number of carbonyl (C=O) groups is 1. The van der Waals surface area contributed by atoms with Gasteiger partial charge in [-0.3, -0.25) is 9.20 Å². The van der Waals surface area contributed by atoms with Crippen molar-refractivity contribution in [2.24, 2.45) is 0 Å². The molecule has 0 atom stereocenters. The second kappa shape index (κ2) is 7.32. The first-order valence-corrected chi connectivity index (χ1v) is 10.0. The zero-order valence-corrected chi connectivity index (χ0v) is 16.7. The molecule has 0 bridgehead atoms. The maximum atomic E-state index is 13.1. The SMILES string of the molecule is COc1cccc(-c2cn3c(C(=O)N(C)C4CCN(C)CC4)csc3n2)c1. The van der Waals surface area contributed by atoms with Gasteiger partial charge in [0.1, 0.15) is 11.4 Å². The van der Waals surface area contributed by atoms with E-state index in [2.05, 4.69) is 11.9 Å². The summed E-state index contributed by atoms with van der Waals surface area (Å²) in [5.41, 5.74) is 2.50. The van der Waals surface area contributed by atoms with Gasteiger partial charge in [0.25, 0.3) is 5.91 Å². The normalized spacial score (nSPS) is 16.0. The van der Waals surface area contributed by atoms with E-state index < -0.39 is 0 Å². The van der Waals surface area contributed by atoms with Crippen LogP contribution in [0.2, 0.25) is 0 Å². The van der Waals surface area contributed by atoms with E-state index in [9.17, 15) is 4.79 Å². The van der Waals surface area contributed by atoms with E-state index in [0.29, 0.717) is 11.7 Å². The molecule has 0 saturated carbocycles. The van der Waals surface area contributed by atoms with Crippen LogP contribution in [-0.2, 0) is 0 Å². The molecule has 2 aromatic heterocycles. The van der Waals surface area contributed by atoms with Gasteiger partial charge in [-0.15, -0.1) is 11.3 Å². The van der Waals surface area contributed by atoms with Gasteiger partial charge in [-0.2, -0.15) is 0 Å². The molecule has 27 heavy (non-hydrogen) atoms. The van der Waals surface area contributed by atoms with Gasteiger partial charge in [-0.05, 0) is 45.1 Å². The third-order valence-corrected chi connectivity index (χ3v) is 6.19. The number of hydrogen-bond donors (Lipinski definition) is 0. The molecule has 0 spiro atoms. The second-order valence-electron chi connectivity index (χ2n) is 7.08. The van der Waals surface area contributed by atoms with E-state index >= 15 is 0 Å². The van der Waals surface area contributed by atoms with Crippen molar-refractivity contribution in [2.45, 2.75) is 18.9 Å². The van der Waals surface area contributed by atoms with Gasteiger partial charge < -0.3 is 14.5 Å². The summed E-state index contributed by atoms with van der Waals surface area (Å²) >= 11 is 1.50. The van der Waals surface area contributed by atoms with Gasteiger partial charge in [-0.25, -0.2) is 4.98 Å². The minimum absolute atomic E-state index is 0.0606. The molecule has 0 N–H and O–H groups in total. The van der Waals surface area contributed by atoms with Crippen molar-refractivity contribution >= 4 is 22.2 Å². The molecule has 3 aromatic rings. The molecule has 1 aliphatic rings. The highest BCUT2D eigenvalue weighted by Crippen LogP contribution is 2.27. The number of amides is 1. The maximum absolute atomic E-state index is 13.1. The highest BCUT2D eigenvalue weighted by Gasteiger charge is 2.26. The van der Waals surface area contributed by atoms with Gasteiger partial charge in [0.05, 0.1) is 12.8 Å². The molecule has 1 fully saturated rings. The Bertz CT molecular complexity index is 956. The summed E-state index contributed by atoms with van der Waals surface area (Å²) in [6, 6.07) is 8.11. The Morgan fingerprint density at radius 1 is 1.33 bits per heavy atom. The number of methoxy groups -OCH3 is 1. The van der Waals surface area contributed by atoms with Gasteiger partial charge in [-0.1, -0.05) is 12.1 Å². The second-order valence-corrected chi connectivity index (χ2v) is 7.92. The highest BCUT2D eigenvalue weighted by atomic mass is 32.1. The van der Waals surface area contributed by atoms with Crippen molar-refractivity contribution in [2.75, 3.05) is 34.3 Å². The quantitative estimate of drug-likeness (QED) is 0.693. The zero-order chi connectivity index (χ0) is 19.0. The van der Waals surface area contributed by atoms with Crippen molar-refractivity contribution in [3.05, 3.63) is 41.5 Å². The summed E-state index contributed by atoms with van der Waals surface area (Å²) in [4.78, 5) is 22.8. The fourth-order valence-electron chi connectivity index (χ4n) is 3.59. The van der Waals surface area contributed by atoms with Crippen LogP contribution in [0, 0.1) is 0 Å². The Labute approximate surface area is 163 Å². The topological polar surface area (TPSA) is 50.1 Å². The summed E-state index contributed by atoms with van der Waals surface area (Å²) in [7, 11) is 5.70. The number of benzene rings is 1. The number of likely N-dealkylation sites (tertiary alicyclic amines) is 1. The van der Waals surface area contributed by atoms with Crippen LogP contribution in [-0.4, -0.2) is 65.4 Å². The smallest absolute Gasteiger partial charge is 0.271 e. The molecule has 6 nitrogen and oxygen atoms in total. The van der Waals surface area contributed by atoms with Crippen LogP contribution in [0.4, 0.5) is 0 Å². The lowest BCUT2D eigenvalue weighted by Gasteiger charge is -2.34. The van der Waals surface area contributed by atoms with Gasteiger partial charge >= 0.3 is 0 Å². The van der Waals surface area contributed by atoms with E-state index in [4.69, 9.17) is 9.72 Å². The van der Waals surface area contributed by atoms with Gasteiger partial charge in [0, 0.05) is 30.2 Å². The molecule has 0 radical (unpaired) electrons. The molecule has 4 rings (SSSR count). The number of aromatic nitrogens is 2. The predicted molar refractivity (Wildman–Crippen MR) is 108 cm³/mol. The summed E-state index contributed by atoms with van der Waals surface area (Å²) < 4.78 is 7.21. The number of ether oxygens (including phenoxy) is 1. The lowest BCUT2D eigenvalue weighted by atomic mass is 10.0. The van der Waals surface area contributed by atoms with Crippen LogP contribution in [0.15, 0.2) is 35.8 Å². The number of fused-ring (bicyclic) bond motifs is 1. The standard InChI is InChI=1S/C20H24N4O2S/c1-22-9-7-15(8-10-22)23(2)19(25)18-13-27-20-21-17(12-24(18)20)14-5-4-6-16(11-14)26-3/h4-6,11-13,15H,7-10H2,1-3H3. The molecule has 1 saturated heterocycles. The summed E-state index contributed by atoms with van der Waals surface area (Å²) in [6.07, 6.45) is 3.98. The number of piperidine rings is 1. The molecule has 0 unspecified atom stereocenters. The number of imidazole rings is 1. The van der Waals surface area contributed by atoms with Crippen molar-refractivity contribution < 1.29 is 9.53 Å². The third kappa shape index (κ3) is 3.44. The summed E-state index contributed by atoms with van der Waals surface area (Å²) in [6.45, 7) is 2.07. The number of carbonyl (C=O) groups excluding carboxylic acids is 1. The van der Waals surface area contributed by atoms with Crippen molar-refractivity contribution in [3.63, 3.8) is 0 Å². The van der Waals surface area contributed by atoms with E-state index in [-0.39, 0.29) is 5.91 Å². The molecule has 7 heteroatoms. The Hall–Kier alpha value is -2.38. The number of thiazole rings is 1. The number of rotatable bonds is 4. The van der Waals surface area contributed by atoms with E-state index in [1.54, 1.807) is 7.11 Å². The first kappa shape index (κ1) is 18.0. The predicted octanol–water partition coefficient (Wildman–Crippen LogP) is 3.24. The van der Waals surface area contributed by atoms with Gasteiger partial charge in [0.2, 0.25) is 0 Å². The molecule has 1 aliphatic heterocycles. The van der Waals surface area contributed by atoms with Gasteiger partial charge in [0.15, 0.2) is 4.96 Å². The van der Waals surface area contributed by atoms with Crippen LogP contribution in [0.3, 0.4) is 0 Å². The Balaban J connectivity index is 1.61. The lowest BCUT2D eigenvalue weighted by molar-refractivity contribution is 0.0653. The highest BCUT2D eigenvalue weighted by molar-refractivity contribution is 7.15. The molecule has 0 aliphatic carbocycles. The maximum Gasteiger partial charge on any atom is 0.271 e. The molecule has 142 valence electrons. The number of nitrogens with zero attached hydrogens (tertiary/aromatic N) is 4. The molecule has 1 amide bonds. The first-order valence-electron chi connectivity index (χ1n) is 9.13. The monoisotopic (exact) mass is 384 g/mol. The largest absolute Gasteiger partial charge is 0.497 e. The van der Waals surface area contributed by atoms with E-state index in [0.717, 1.165) is 47.9 Å². The van der Waals surface area contributed by atoms with Crippen LogP contribution in [0.5, 0.6) is 5.75 Å². The molecule has 3 heterocycles. The minimum Gasteiger partial charge on any atom is -0.497 e. The first-order chi connectivity index (χ1) is 13.1. The molecule has 1 aromatic carbocycles. The minimum atomic E-state index is 0.0606. The average Bonchev–Trinajstić information content (AvgIpc) is 3.28. The summed E-state index contributed by atoms with van der Waals surface area (Å²) in [5, 5.41) is 1.91. The van der Waals surface area contributed by atoms with E-state index in [1.807, 2.05) is 52.2 Å². The zero-order valence-electron chi connectivity index (χ0n) is 15.9. The van der Waals surface area contributed by atoms with Crippen molar-refractivity contribution in [3.8, 4) is 17.0 Å². The Morgan fingerprint density at radius 2 is 2.11 bits per heavy atom. The lowest BCUT2D eigenvalue weighted by Crippen LogP contribution is -2.44. The average molecular weight is 385 g/mol. The third-order valence-electron chi connectivity index (χ3n) is 5.35. The van der Waals surface area contributed by atoms with Crippen LogP contribution in [0.1, 0.15) is 23.3 Å². The fraction of sp³-hybridized carbons (Fsp3) is 0.400. The Kier molecular flexibility index (Phi) is 4.88. The molecular formula is C20H24N4O2S. The van der Waals surface area contributed by atoms with Crippen LogP contribution in [0.25, 0.3) is 16.2 Å². The Morgan fingerprint density at radius 3 is 2.85 bits per heavy atom. The van der Waals surface area contributed by atoms with Crippen LogP contribution >= 0.6 is 11.3 Å².